The average molecular weight is 174 g/mol. The Labute approximate surface area is 72.1 Å². The first-order valence-corrected chi connectivity index (χ1v) is 3.47. The van der Waals surface area contributed by atoms with Crippen LogP contribution in [0.4, 0.5) is 0 Å². The topological polar surface area (TPSA) is 44.8 Å². The Balaban J connectivity index is 4.23. The highest BCUT2D eigenvalue weighted by Crippen LogP contribution is 2.05. The van der Waals surface area contributed by atoms with Gasteiger partial charge in [-0.25, -0.2) is 4.79 Å². The third-order valence-electron chi connectivity index (χ3n) is 1.35. The first-order chi connectivity index (χ1) is 5.65. The second-order valence-electron chi connectivity index (χ2n) is 2.21. The number of hydrogen-bond donors (Lipinski definition) is 0. The number of methoxy groups -OCH3 is 3. The van der Waals surface area contributed by atoms with E-state index in [1.807, 2.05) is 0 Å². The van der Waals surface area contributed by atoms with Crippen LogP contribution in [0, 0.1) is 0 Å². The lowest BCUT2D eigenvalue weighted by Gasteiger charge is -2.12. The minimum atomic E-state index is -0.482. The summed E-state index contributed by atoms with van der Waals surface area (Å²) in [5, 5.41) is 0. The molecule has 0 saturated heterocycles. The molecule has 0 aliphatic carbocycles. The Morgan fingerprint density at radius 3 is 2.08 bits per heavy atom. The smallest absolute Gasteiger partial charge is 0.330 e. The third kappa shape index (κ3) is 3.50. The van der Waals surface area contributed by atoms with Crippen molar-refractivity contribution >= 4 is 5.97 Å². The van der Waals surface area contributed by atoms with Gasteiger partial charge in [-0.05, 0) is 12.5 Å². The molecule has 0 aromatic rings. The molecule has 0 radical (unpaired) electrons. The SMILES string of the molecule is COC(=O)/C=C(\C)C(OC)OC. The molecule has 0 heterocycles. The summed E-state index contributed by atoms with van der Waals surface area (Å²) in [6.07, 6.45) is 0.849. The van der Waals surface area contributed by atoms with Crippen LogP contribution in [0.25, 0.3) is 0 Å². The summed E-state index contributed by atoms with van der Waals surface area (Å²) >= 11 is 0. The van der Waals surface area contributed by atoms with Gasteiger partial charge in [0.05, 0.1) is 7.11 Å². The van der Waals surface area contributed by atoms with E-state index in [1.165, 1.54) is 27.4 Å². The number of hydrogen-bond acceptors (Lipinski definition) is 4. The van der Waals surface area contributed by atoms with Gasteiger partial charge in [0.2, 0.25) is 0 Å². The molecule has 0 fully saturated rings. The lowest BCUT2D eigenvalue weighted by molar-refractivity contribution is -0.135. The van der Waals surface area contributed by atoms with Gasteiger partial charge in [0.25, 0.3) is 0 Å². The monoisotopic (exact) mass is 174 g/mol. The molecule has 0 aromatic carbocycles. The van der Waals surface area contributed by atoms with E-state index < -0.39 is 12.3 Å². The predicted octanol–water partition coefficient (Wildman–Crippen LogP) is 0.725. The summed E-state index contributed by atoms with van der Waals surface area (Å²) in [6, 6.07) is 0. The molecule has 0 aromatic heterocycles. The van der Waals surface area contributed by atoms with Crippen LogP contribution in [0.3, 0.4) is 0 Å². The summed E-state index contributed by atoms with van der Waals surface area (Å²) < 4.78 is 14.3. The van der Waals surface area contributed by atoms with Crippen molar-refractivity contribution in [3.8, 4) is 0 Å². The van der Waals surface area contributed by atoms with Crippen molar-refractivity contribution in [2.75, 3.05) is 21.3 Å². The van der Waals surface area contributed by atoms with Crippen LogP contribution in [-0.2, 0) is 19.0 Å². The van der Waals surface area contributed by atoms with Crippen LogP contribution < -0.4 is 0 Å². The largest absolute Gasteiger partial charge is 0.466 e. The molecule has 4 nitrogen and oxygen atoms in total. The van der Waals surface area contributed by atoms with E-state index in [1.54, 1.807) is 6.92 Å². The second kappa shape index (κ2) is 5.74. The maximum Gasteiger partial charge on any atom is 0.330 e. The quantitative estimate of drug-likeness (QED) is 0.358. The molecule has 0 bridgehead atoms. The van der Waals surface area contributed by atoms with E-state index in [2.05, 4.69) is 4.74 Å². The van der Waals surface area contributed by atoms with Crippen molar-refractivity contribution < 1.29 is 19.0 Å². The van der Waals surface area contributed by atoms with Gasteiger partial charge in [0.15, 0.2) is 6.29 Å². The van der Waals surface area contributed by atoms with E-state index >= 15 is 0 Å². The second-order valence-corrected chi connectivity index (χ2v) is 2.21. The van der Waals surface area contributed by atoms with Crippen LogP contribution in [0.15, 0.2) is 11.6 Å². The first kappa shape index (κ1) is 11.1. The van der Waals surface area contributed by atoms with E-state index in [4.69, 9.17) is 9.47 Å². The normalized spacial score (nSPS) is 11.9. The molecule has 0 atom stereocenters. The van der Waals surface area contributed by atoms with Gasteiger partial charge in [0, 0.05) is 20.3 Å². The molecule has 0 amide bonds. The van der Waals surface area contributed by atoms with Crippen molar-refractivity contribution in [3.05, 3.63) is 11.6 Å². The Hall–Kier alpha value is -0.870. The fraction of sp³-hybridized carbons (Fsp3) is 0.625. The molecular formula is C8H14O4. The van der Waals surface area contributed by atoms with Crippen LogP contribution in [-0.4, -0.2) is 33.6 Å². The lowest BCUT2D eigenvalue weighted by atomic mass is 10.3. The van der Waals surface area contributed by atoms with Gasteiger partial charge in [-0.1, -0.05) is 0 Å². The summed E-state index contributed by atoms with van der Waals surface area (Å²) in [7, 11) is 4.33. The fourth-order valence-electron chi connectivity index (χ4n) is 0.781. The van der Waals surface area contributed by atoms with Gasteiger partial charge in [0.1, 0.15) is 0 Å². The van der Waals surface area contributed by atoms with E-state index in [0.717, 1.165) is 0 Å². The average Bonchev–Trinajstić information content (AvgIpc) is 2.06. The third-order valence-corrected chi connectivity index (χ3v) is 1.35. The Bertz CT molecular complexity index is 170. The van der Waals surface area contributed by atoms with Crippen molar-refractivity contribution in [1.29, 1.82) is 0 Å². The summed E-state index contributed by atoms with van der Waals surface area (Å²) in [5.41, 5.74) is 0.673. The van der Waals surface area contributed by atoms with Crippen molar-refractivity contribution in [2.45, 2.75) is 13.2 Å². The zero-order chi connectivity index (χ0) is 9.56. The highest BCUT2D eigenvalue weighted by atomic mass is 16.7. The summed E-state index contributed by atoms with van der Waals surface area (Å²) in [6.45, 7) is 1.73. The van der Waals surface area contributed by atoms with Crippen LogP contribution in [0.1, 0.15) is 6.92 Å². The number of rotatable bonds is 4. The van der Waals surface area contributed by atoms with Gasteiger partial charge in [-0.3, -0.25) is 0 Å². The van der Waals surface area contributed by atoms with Crippen molar-refractivity contribution in [2.24, 2.45) is 0 Å². The van der Waals surface area contributed by atoms with Gasteiger partial charge in [-0.2, -0.15) is 0 Å². The lowest BCUT2D eigenvalue weighted by Crippen LogP contribution is -2.15. The van der Waals surface area contributed by atoms with Crippen molar-refractivity contribution in [3.63, 3.8) is 0 Å². The zero-order valence-electron chi connectivity index (χ0n) is 7.79. The predicted molar refractivity (Wildman–Crippen MR) is 43.6 cm³/mol. The molecule has 0 spiro atoms. The standard InChI is InChI=1S/C8H14O4/c1-6(5-7(9)10-2)8(11-3)12-4/h5,8H,1-4H3/b6-5+. The molecule has 0 aliphatic heterocycles. The van der Waals surface area contributed by atoms with E-state index in [-0.39, 0.29) is 0 Å². The molecular weight excluding hydrogens is 160 g/mol. The molecule has 0 rings (SSSR count). The number of carbonyl (C=O) groups excluding carboxylic acids is 1. The molecule has 0 unspecified atom stereocenters. The Morgan fingerprint density at radius 1 is 1.25 bits per heavy atom. The van der Waals surface area contributed by atoms with Gasteiger partial charge < -0.3 is 14.2 Å². The first-order valence-electron chi connectivity index (χ1n) is 3.47. The van der Waals surface area contributed by atoms with Gasteiger partial charge in [-0.15, -0.1) is 0 Å². The molecule has 0 aliphatic rings. The number of carbonyl (C=O) groups is 1. The highest BCUT2D eigenvalue weighted by Gasteiger charge is 2.08. The Kier molecular flexibility index (Phi) is 5.32. The van der Waals surface area contributed by atoms with E-state index in [9.17, 15) is 4.79 Å². The zero-order valence-corrected chi connectivity index (χ0v) is 7.79. The Morgan fingerprint density at radius 2 is 1.75 bits per heavy atom. The van der Waals surface area contributed by atoms with Crippen LogP contribution in [0.2, 0.25) is 0 Å². The van der Waals surface area contributed by atoms with Crippen LogP contribution >= 0.6 is 0 Å². The fourth-order valence-corrected chi connectivity index (χ4v) is 0.781. The molecule has 0 N–H and O–H groups in total. The molecule has 4 heteroatoms. The van der Waals surface area contributed by atoms with Gasteiger partial charge >= 0.3 is 5.97 Å². The van der Waals surface area contributed by atoms with Crippen LogP contribution in [0.5, 0.6) is 0 Å². The van der Waals surface area contributed by atoms with Crippen molar-refractivity contribution in [1.82, 2.24) is 0 Å². The van der Waals surface area contributed by atoms with E-state index in [0.29, 0.717) is 5.57 Å². The maximum atomic E-state index is 10.7. The number of esters is 1. The molecule has 12 heavy (non-hydrogen) atoms. The minimum absolute atomic E-state index is 0.411. The molecule has 70 valence electrons. The maximum absolute atomic E-state index is 10.7. The summed E-state index contributed by atoms with van der Waals surface area (Å²) in [4.78, 5) is 10.7. The number of ether oxygens (including phenoxy) is 3. The molecule has 0 saturated carbocycles. The highest BCUT2D eigenvalue weighted by molar-refractivity contribution is 5.82. The minimum Gasteiger partial charge on any atom is -0.466 e. The summed E-state index contributed by atoms with van der Waals surface area (Å²) in [5.74, 6) is -0.411.